The van der Waals surface area contributed by atoms with Crippen LogP contribution in [0.4, 0.5) is 57.1 Å². The van der Waals surface area contributed by atoms with Crippen LogP contribution in [0.1, 0.15) is 6.42 Å². The fourth-order valence-corrected chi connectivity index (χ4v) is 6.53. The average molecular weight is 594 g/mol. The zero-order chi connectivity index (χ0) is 23.9. The zero-order valence-corrected chi connectivity index (χ0v) is 17.5. The van der Waals surface area contributed by atoms with Crippen molar-refractivity contribution in [2.75, 3.05) is 21.3 Å². The minimum Gasteiger partial charge on any atom is -0.376 e. The van der Waals surface area contributed by atoms with Gasteiger partial charge in [-0.1, -0.05) is 22.6 Å². The van der Waals surface area contributed by atoms with Gasteiger partial charge in [-0.2, -0.15) is 57.1 Å². The molecule has 3 nitrogen and oxygen atoms in total. The van der Waals surface area contributed by atoms with Crippen molar-refractivity contribution < 1.29 is 70.4 Å². The summed E-state index contributed by atoms with van der Waals surface area (Å²) in [7, 11) is -1.91. The molecule has 0 aliphatic carbocycles. The predicted molar refractivity (Wildman–Crippen MR) is 80.0 cm³/mol. The van der Waals surface area contributed by atoms with Gasteiger partial charge in [-0.05, 0) is 0 Å². The van der Waals surface area contributed by atoms with Gasteiger partial charge in [-0.25, -0.2) is 0 Å². The molecular formula is C11H12F13IO3Si. The van der Waals surface area contributed by atoms with E-state index in [9.17, 15) is 57.1 Å². The molecule has 0 spiro atoms. The Labute approximate surface area is 169 Å². The molecule has 0 aromatic heterocycles. The monoisotopic (exact) mass is 594 g/mol. The Morgan fingerprint density at radius 2 is 0.931 bits per heavy atom. The molecule has 0 rings (SSSR count). The van der Waals surface area contributed by atoms with Crippen molar-refractivity contribution in [1.29, 1.82) is 0 Å². The van der Waals surface area contributed by atoms with Crippen LogP contribution in [-0.2, 0) is 13.3 Å². The second-order valence-corrected chi connectivity index (χ2v) is 11.2. The van der Waals surface area contributed by atoms with E-state index in [-0.39, 0.29) is 0 Å². The maximum atomic E-state index is 13.9. The third kappa shape index (κ3) is 4.45. The molecule has 176 valence electrons. The van der Waals surface area contributed by atoms with Crippen LogP contribution in [0.2, 0.25) is 0 Å². The second-order valence-electron chi connectivity index (χ2n) is 5.39. The quantitative estimate of drug-likeness (QED) is 0.148. The summed E-state index contributed by atoms with van der Waals surface area (Å²) in [6, 6.07) is 0. The molecule has 0 amide bonds. The van der Waals surface area contributed by atoms with Crippen LogP contribution in [0.15, 0.2) is 0 Å². The highest BCUT2D eigenvalue weighted by molar-refractivity contribution is 14.1. The van der Waals surface area contributed by atoms with Gasteiger partial charge in [-0.15, -0.1) is 0 Å². The SMILES string of the molecule is CO[Si](OC)(OC)C(I)CC(F)(F)C(F)(F)C(F)(F)C(F)(F)C(F)(F)C(F)(F)F. The fraction of sp³-hybridized carbons (Fsp3) is 1.00. The fourth-order valence-electron chi connectivity index (χ4n) is 1.91. The first-order valence-corrected chi connectivity index (χ1v) is 9.86. The standard InChI is InChI=1S/C11H12F13IO3Si/c1-26-29(27-2,28-3)5(25)4-6(12,13)7(14,15)8(16,17)9(18,19)10(20,21)11(22,23)24/h5H,4H2,1-3H3. The van der Waals surface area contributed by atoms with Crippen molar-refractivity contribution in [3.8, 4) is 0 Å². The third-order valence-corrected chi connectivity index (χ3v) is 9.08. The smallest absolute Gasteiger partial charge is 0.376 e. The topological polar surface area (TPSA) is 27.7 Å². The largest absolute Gasteiger partial charge is 0.513 e. The van der Waals surface area contributed by atoms with Crippen LogP contribution in [0.5, 0.6) is 0 Å². The van der Waals surface area contributed by atoms with Gasteiger partial charge in [0, 0.05) is 27.8 Å². The molecule has 0 saturated carbocycles. The molecule has 0 aliphatic heterocycles. The average Bonchev–Trinajstić information content (AvgIpc) is 2.54. The number of rotatable bonds is 10. The Kier molecular flexibility index (Phi) is 8.43. The van der Waals surface area contributed by atoms with Crippen molar-refractivity contribution in [3.05, 3.63) is 0 Å². The lowest BCUT2D eigenvalue weighted by atomic mass is 9.93. The third-order valence-electron chi connectivity index (χ3n) is 3.67. The van der Waals surface area contributed by atoms with Crippen molar-refractivity contribution in [2.24, 2.45) is 0 Å². The molecule has 0 heterocycles. The lowest BCUT2D eigenvalue weighted by molar-refractivity contribution is -0.440. The Balaban J connectivity index is 6.24. The van der Waals surface area contributed by atoms with Gasteiger partial charge >= 0.3 is 44.6 Å². The summed E-state index contributed by atoms with van der Waals surface area (Å²) in [4.78, 5) is 0. The van der Waals surface area contributed by atoms with Crippen LogP contribution < -0.4 is 0 Å². The molecule has 18 heteroatoms. The first-order chi connectivity index (χ1) is 12.6. The van der Waals surface area contributed by atoms with Gasteiger partial charge in [0.25, 0.3) is 0 Å². The van der Waals surface area contributed by atoms with Gasteiger partial charge in [0.15, 0.2) is 0 Å². The number of alkyl halides is 14. The van der Waals surface area contributed by atoms with E-state index in [1.165, 1.54) is 0 Å². The van der Waals surface area contributed by atoms with Gasteiger partial charge < -0.3 is 13.3 Å². The van der Waals surface area contributed by atoms with Gasteiger partial charge in [-0.3, -0.25) is 0 Å². The lowest BCUT2D eigenvalue weighted by Gasteiger charge is -2.40. The summed E-state index contributed by atoms with van der Waals surface area (Å²) in [5, 5.41) is 0. The molecule has 0 fully saturated rings. The van der Waals surface area contributed by atoms with E-state index in [4.69, 9.17) is 0 Å². The summed E-state index contributed by atoms with van der Waals surface area (Å²) in [6.45, 7) is 0. The van der Waals surface area contributed by atoms with Gasteiger partial charge in [0.05, 0.1) is 3.55 Å². The maximum Gasteiger partial charge on any atom is 0.513 e. The molecule has 1 unspecified atom stereocenters. The Hall–Kier alpha value is -0.0831. The van der Waals surface area contributed by atoms with E-state index in [2.05, 4.69) is 13.3 Å². The lowest BCUT2D eigenvalue weighted by Crippen LogP contribution is -2.70. The number of hydrogen-bond donors (Lipinski definition) is 0. The highest BCUT2D eigenvalue weighted by Crippen LogP contribution is 2.61. The molecule has 0 aromatic rings. The molecule has 0 aromatic carbocycles. The van der Waals surface area contributed by atoms with Gasteiger partial charge in [0.1, 0.15) is 0 Å². The zero-order valence-electron chi connectivity index (χ0n) is 14.3. The maximum absolute atomic E-state index is 13.9. The van der Waals surface area contributed by atoms with E-state index < -0.39 is 54.6 Å². The summed E-state index contributed by atoms with van der Waals surface area (Å²) >= 11 is 0.913. The summed E-state index contributed by atoms with van der Waals surface area (Å²) in [5.41, 5.74) is 0. The van der Waals surface area contributed by atoms with E-state index in [0.29, 0.717) is 0 Å². The Bertz CT molecular complexity index is 556. The normalized spacial score (nSPS) is 16.9. The van der Waals surface area contributed by atoms with Crippen LogP contribution >= 0.6 is 22.6 Å². The van der Waals surface area contributed by atoms with Crippen molar-refractivity contribution in [2.45, 2.75) is 45.8 Å². The number of halogens is 14. The van der Waals surface area contributed by atoms with E-state index in [1.807, 2.05) is 0 Å². The van der Waals surface area contributed by atoms with E-state index in [1.54, 1.807) is 0 Å². The first-order valence-electron chi connectivity index (χ1n) is 6.81. The molecule has 0 radical (unpaired) electrons. The minimum absolute atomic E-state index is 0.786. The molecule has 0 bridgehead atoms. The summed E-state index contributed by atoms with van der Waals surface area (Å²) in [5.74, 6) is -37.1. The van der Waals surface area contributed by atoms with Crippen molar-refractivity contribution in [3.63, 3.8) is 0 Å². The van der Waals surface area contributed by atoms with Crippen LogP contribution in [0.25, 0.3) is 0 Å². The Morgan fingerprint density at radius 3 is 1.21 bits per heavy atom. The van der Waals surface area contributed by atoms with Crippen LogP contribution in [0, 0.1) is 0 Å². The molecule has 1 atom stereocenters. The van der Waals surface area contributed by atoms with Crippen molar-refractivity contribution in [1.82, 2.24) is 0 Å². The Morgan fingerprint density at radius 1 is 0.621 bits per heavy atom. The second kappa shape index (κ2) is 8.45. The predicted octanol–water partition coefficient (Wildman–Crippen LogP) is 5.34. The highest BCUT2D eigenvalue weighted by Gasteiger charge is 2.90. The minimum atomic E-state index is -7.93. The molecule has 0 saturated heterocycles. The number of hydrogen-bond acceptors (Lipinski definition) is 3. The van der Waals surface area contributed by atoms with Crippen LogP contribution in [0.3, 0.4) is 0 Å². The summed E-state index contributed by atoms with van der Waals surface area (Å²) in [6.07, 6.45) is -9.90. The summed E-state index contributed by atoms with van der Waals surface area (Å²) < 4.78 is 182. The molecule has 29 heavy (non-hydrogen) atoms. The highest BCUT2D eigenvalue weighted by atomic mass is 127. The van der Waals surface area contributed by atoms with Crippen molar-refractivity contribution >= 4 is 31.4 Å². The molecule has 0 N–H and O–H groups in total. The van der Waals surface area contributed by atoms with Crippen LogP contribution in [-0.4, -0.2) is 69.5 Å². The first kappa shape index (κ1) is 28.9. The molecular weight excluding hydrogens is 582 g/mol. The van der Waals surface area contributed by atoms with E-state index in [0.717, 1.165) is 43.9 Å². The van der Waals surface area contributed by atoms with Gasteiger partial charge in [0.2, 0.25) is 0 Å². The molecule has 0 aliphatic rings. The van der Waals surface area contributed by atoms with E-state index >= 15 is 0 Å².